The molecule has 4 heteroatoms. The van der Waals surface area contributed by atoms with Gasteiger partial charge < -0.3 is 5.32 Å². The van der Waals surface area contributed by atoms with Gasteiger partial charge in [-0.15, -0.1) is 0 Å². The number of nitrogens with one attached hydrogen (secondary N) is 1. The maximum Gasteiger partial charge on any atom is 0.133 e. The molecule has 3 rings (SSSR count). The normalized spacial score (nSPS) is 15.9. The molecule has 0 fully saturated rings. The fourth-order valence-electron chi connectivity index (χ4n) is 2.09. The average Bonchev–Trinajstić information content (AvgIpc) is 2.66. The second kappa shape index (κ2) is 6.37. The van der Waals surface area contributed by atoms with Gasteiger partial charge >= 0.3 is 0 Å². The first-order valence-electron chi connectivity index (χ1n) is 6.71. The summed E-state index contributed by atoms with van der Waals surface area (Å²) in [5.41, 5.74) is 3.39. The van der Waals surface area contributed by atoms with E-state index < -0.39 is 0 Å². The number of thioether (sulfide) groups is 1. The molecular weight excluding hydrogens is 300 g/mol. The first-order valence-corrected chi connectivity index (χ1v) is 7.97. The molecule has 2 nitrogen and oxygen atoms in total. The Kier molecular flexibility index (Phi) is 4.32. The zero-order chi connectivity index (χ0) is 14.7. The van der Waals surface area contributed by atoms with Crippen LogP contribution in [-0.2, 0) is 6.54 Å². The second-order valence-corrected chi connectivity index (χ2v) is 6.18. The minimum Gasteiger partial charge on any atom is -0.343 e. The van der Waals surface area contributed by atoms with Crippen molar-refractivity contribution in [3.8, 4) is 0 Å². The Hall–Kier alpha value is -1.71. The van der Waals surface area contributed by atoms with Crippen LogP contribution in [0.3, 0.4) is 0 Å². The smallest absolute Gasteiger partial charge is 0.133 e. The van der Waals surface area contributed by atoms with Crippen LogP contribution in [0.25, 0.3) is 0 Å². The number of benzene rings is 2. The van der Waals surface area contributed by atoms with Gasteiger partial charge in [0.05, 0.1) is 6.54 Å². The van der Waals surface area contributed by atoms with Crippen LogP contribution in [0.1, 0.15) is 18.1 Å². The lowest BCUT2D eigenvalue weighted by Gasteiger charge is -2.10. The summed E-state index contributed by atoms with van der Waals surface area (Å²) in [6.07, 6.45) is 0. The Morgan fingerprint density at radius 2 is 1.86 bits per heavy atom. The second-order valence-electron chi connectivity index (χ2n) is 4.83. The lowest BCUT2D eigenvalue weighted by Crippen LogP contribution is -2.22. The number of halogens is 1. The van der Waals surface area contributed by atoms with Crippen molar-refractivity contribution in [3.05, 3.63) is 75.8 Å². The molecule has 0 aliphatic carbocycles. The summed E-state index contributed by atoms with van der Waals surface area (Å²) in [7, 11) is 0. The highest BCUT2D eigenvalue weighted by molar-refractivity contribution is 8.02. The van der Waals surface area contributed by atoms with Crippen molar-refractivity contribution < 1.29 is 0 Å². The first-order chi connectivity index (χ1) is 10.2. The van der Waals surface area contributed by atoms with Crippen LogP contribution in [0.15, 0.2) is 69.5 Å². The third-order valence-electron chi connectivity index (χ3n) is 3.15. The van der Waals surface area contributed by atoms with Gasteiger partial charge in [0, 0.05) is 21.2 Å². The molecule has 2 aromatic carbocycles. The standard InChI is InChI=1S/C17H15ClN2S/c1-12-11-21-16-5-3-2-4-15(16)17(20-12)19-10-13-6-8-14(18)9-7-13/h2-9,11H,10H2,1H3,(H,19,20). The summed E-state index contributed by atoms with van der Waals surface area (Å²) in [5, 5.41) is 6.25. The average molecular weight is 315 g/mol. The molecule has 0 amide bonds. The molecule has 21 heavy (non-hydrogen) atoms. The maximum absolute atomic E-state index is 5.91. The van der Waals surface area contributed by atoms with Gasteiger partial charge in [-0.05, 0) is 36.1 Å². The van der Waals surface area contributed by atoms with Crippen LogP contribution in [0.2, 0.25) is 5.02 Å². The Morgan fingerprint density at radius 3 is 2.67 bits per heavy atom. The van der Waals surface area contributed by atoms with Gasteiger partial charge in [-0.25, -0.2) is 0 Å². The van der Waals surface area contributed by atoms with Crippen LogP contribution < -0.4 is 5.32 Å². The molecule has 1 heterocycles. The summed E-state index contributed by atoms with van der Waals surface area (Å²) in [6.45, 7) is 2.68. The molecule has 0 unspecified atom stereocenters. The number of aliphatic imine (C=N–C) groups is 1. The van der Waals surface area contributed by atoms with Gasteiger partial charge in [-0.2, -0.15) is 0 Å². The van der Waals surface area contributed by atoms with E-state index in [0.29, 0.717) is 6.54 Å². The minimum atomic E-state index is 0.631. The Labute approximate surface area is 133 Å². The third kappa shape index (κ3) is 3.49. The van der Waals surface area contributed by atoms with Gasteiger partial charge in [0.2, 0.25) is 0 Å². The van der Waals surface area contributed by atoms with Crippen molar-refractivity contribution in [3.63, 3.8) is 0 Å². The molecule has 2 aromatic rings. The molecule has 0 saturated heterocycles. The van der Waals surface area contributed by atoms with E-state index in [2.05, 4.69) is 35.8 Å². The van der Waals surface area contributed by atoms with E-state index in [1.165, 1.54) is 4.90 Å². The fraction of sp³-hybridized carbons (Fsp3) is 0.118. The van der Waals surface area contributed by atoms with Gasteiger partial charge in [0.25, 0.3) is 0 Å². The number of hydrogen-bond acceptors (Lipinski definition) is 2. The lowest BCUT2D eigenvalue weighted by molar-refractivity contribution is 1.02. The summed E-state index contributed by atoms with van der Waals surface area (Å²) in [5.74, 6) is 0.916. The first kappa shape index (κ1) is 14.2. The van der Waals surface area contributed by atoms with Crippen molar-refractivity contribution in [1.29, 1.82) is 0 Å². The monoisotopic (exact) mass is 314 g/mol. The minimum absolute atomic E-state index is 0.631. The number of nitrogens with zero attached hydrogens (tertiary/aromatic N) is 1. The van der Waals surface area contributed by atoms with E-state index in [4.69, 9.17) is 16.6 Å². The van der Waals surface area contributed by atoms with Gasteiger partial charge in [0.1, 0.15) is 5.84 Å². The molecule has 1 aliphatic rings. The quantitative estimate of drug-likeness (QED) is 0.857. The predicted octanol–water partition coefficient (Wildman–Crippen LogP) is 4.84. The van der Waals surface area contributed by atoms with Crippen LogP contribution in [0, 0.1) is 0 Å². The van der Waals surface area contributed by atoms with E-state index in [1.54, 1.807) is 11.8 Å². The van der Waals surface area contributed by atoms with E-state index in [0.717, 1.165) is 27.7 Å². The summed E-state index contributed by atoms with van der Waals surface area (Å²) >= 11 is 7.63. The summed E-state index contributed by atoms with van der Waals surface area (Å²) in [4.78, 5) is 5.96. The molecule has 1 aliphatic heterocycles. The maximum atomic E-state index is 5.91. The molecule has 0 saturated carbocycles. The van der Waals surface area contributed by atoms with E-state index in [1.807, 2.05) is 30.3 Å². The molecule has 0 aromatic heterocycles. The highest BCUT2D eigenvalue weighted by Crippen LogP contribution is 2.27. The van der Waals surface area contributed by atoms with Gasteiger partial charge in [0.15, 0.2) is 0 Å². The Morgan fingerprint density at radius 1 is 1.10 bits per heavy atom. The van der Waals surface area contributed by atoms with Crippen molar-refractivity contribution in [2.24, 2.45) is 4.99 Å². The molecule has 1 N–H and O–H groups in total. The highest BCUT2D eigenvalue weighted by Gasteiger charge is 2.12. The number of rotatable bonds is 2. The molecule has 0 bridgehead atoms. The van der Waals surface area contributed by atoms with Crippen LogP contribution >= 0.6 is 23.4 Å². The summed E-state index contributed by atoms with van der Waals surface area (Å²) in [6, 6.07) is 16.1. The summed E-state index contributed by atoms with van der Waals surface area (Å²) < 4.78 is 0. The molecule has 106 valence electrons. The SMILES string of the molecule is CC1=CSc2ccccc2C(=NCc2ccc(Cl)cc2)N1. The number of fused-ring (bicyclic) bond motifs is 1. The molecule has 0 radical (unpaired) electrons. The zero-order valence-electron chi connectivity index (χ0n) is 11.6. The third-order valence-corrected chi connectivity index (χ3v) is 4.49. The predicted molar refractivity (Wildman–Crippen MR) is 90.9 cm³/mol. The van der Waals surface area contributed by atoms with Crippen molar-refractivity contribution >= 4 is 29.2 Å². The van der Waals surface area contributed by atoms with Crippen LogP contribution in [0.4, 0.5) is 0 Å². The largest absolute Gasteiger partial charge is 0.343 e. The van der Waals surface area contributed by atoms with Gasteiger partial charge in [-0.1, -0.05) is 53.7 Å². The topological polar surface area (TPSA) is 24.4 Å². The Bertz CT molecular complexity index is 705. The zero-order valence-corrected chi connectivity index (χ0v) is 13.2. The van der Waals surface area contributed by atoms with Crippen molar-refractivity contribution in [2.45, 2.75) is 18.4 Å². The number of amidine groups is 1. The molecular formula is C17H15ClN2S. The number of hydrogen-bond donors (Lipinski definition) is 1. The molecule has 0 spiro atoms. The van der Waals surface area contributed by atoms with Crippen LogP contribution in [0.5, 0.6) is 0 Å². The van der Waals surface area contributed by atoms with Crippen molar-refractivity contribution in [1.82, 2.24) is 5.32 Å². The van der Waals surface area contributed by atoms with Gasteiger partial charge in [-0.3, -0.25) is 4.99 Å². The fourth-order valence-corrected chi connectivity index (χ4v) is 3.02. The van der Waals surface area contributed by atoms with E-state index >= 15 is 0 Å². The van der Waals surface area contributed by atoms with E-state index in [-0.39, 0.29) is 0 Å². The van der Waals surface area contributed by atoms with Crippen molar-refractivity contribution in [2.75, 3.05) is 0 Å². The number of allylic oxidation sites excluding steroid dienone is 1. The van der Waals surface area contributed by atoms with Crippen LogP contribution in [-0.4, -0.2) is 5.84 Å². The molecule has 0 atom stereocenters. The Balaban J connectivity index is 1.90. The van der Waals surface area contributed by atoms with E-state index in [9.17, 15) is 0 Å². The lowest BCUT2D eigenvalue weighted by atomic mass is 10.2. The highest BCUT2D eigenvalue weighted by atomic mass is 35.5.